The van der Waals surface area contributed by atoms with Crippen LogP contribution in [-0.2, 0) is 0 Å². The Morgan fingerprint density at radius 1 is 1.00 bits per heavy atom. The summed E-state index contributed by atoms with van der Waals surface area (Å²) in [6.07, 6.45) is 0. The van der Waals surface area contributed by atoms with Crippen molar-refractivity contribution in [2.75, 3.05) is 17.3 Å². The number of thioether (sulfide) groups is 2. The smallest absolute Gasteiger partial charge is 0.210 e. The number of hydrogen-bond acceptors (Lipinski definition) is 5. The number of nitrogens with zero attached hydrogens (tertiary/aromatic N) is 3. The van der Waals surface area contributed by atoms with Crippen molar-refractivity contribution in [2.45, 2.75) is 10.1 Å². The Morgan fingerprint density at radius 3 is 2.50 bits per heavy atom. The van der Waals surface area contributed by atoms with E-state index in [4.69, 9.17) is 17.4 Å². The number of benzene rings is 2. The maximum absolute atomic E-state index is 13.5. The lowest BCUT2D eigenvalue weighted by Crippen LogP contribution is -2.12. The molecule has 0 fully saturated rings. The number of rotatable bonds is 6. The van der Waals surface area contributed by atoms with Crippen molar-refractivity contribution in [3.8, 4) is 11.4 Å². The Labute approximate surface area is 152 Å². The predicted molar refractivity (Wildman–Crippen MR) is 98.5 cm³/mol. The van der Waals surface area contributed by atoms with E-state index < -0.39 is 0 Å². The van der Waals surface area contributed by atoms with Crippen LogP contribution in [0.15, 0.2) is 58.6 Å². The van der Waals surface area contributed by atoms with Crippen molar-refractivity contribution in [3.05, 3.63) is 59.4 Å². The SMILES string of the molecule is Nn1c(SCCSc2ccccc2F)nnc1-c1ccccc1Cl. The van der Waals surface area contributed by atoms with Gasteiger partial charge in [-0.05, 0) is 24.3 Å². The van der Waals surface area contributed by atoms with E-state index in [1.165, 1.54) is 34.3 Å². The van der Waals surface area contributed by atoms with Crippen LogP contribution in [0, 0.1) is 5.82 Å². The number of nitrogens with two attached hydrogens (primary N) is 1. The Bertz CT molecular complexity index is 840. The van der Waals surface area contributed by atoms with Gasteiger partial charge >= 0.3 is 0 Å². The molecule has 3 rings (SSSR count). The van der Waals surface area contributed by atoms with Crippen molar-refractivity contribution in [2.24, 2.45) is 0 Å². The molecule has 1 heterocycles. The summed E-state index contributed by atoms with van der Waals surface area (Å²) in [6, 6.07) is 14.1. The molecular weight excluding hydrogens is 367 g/mol. The fourth-order valence-electron chi connectivity index (χ4n) is 2.05. The quantitative estimate of drug-likeness (QED) is 0.391. The molecule has 8 heteroatoms. The van der Waals surface area contributed by atoms with E-state index in [0.717, 1.165) is 17.1 Å². The van der Waals surface area contributed by atoms with Crippen LogP contribution in [-0.4, -0.2) is 26.4 Å². The van der Waals surface area contributed by atoms with Gasteiger partial charge in [-0.3, -0.25) is 0 Å². The highest BCUT2D eigenvalue weighted by atomic mass is 35.5. The molecule has 0 saturated carbocycles. The number of nitrogen functional groups attached to an aromatic ring is 1. The van der Waals surface area contributed by atoms with Gasteiger partial charge in [-0.15, -0.1) is 22.0 Å². The van der Waals surface area contributed by atoms with E-state index in [1.54, 1.807) is 18.2 Å². The summed E-state index contributed by atoms with van der Waals surface area (Å²) in [7, 11) is 0. The van der Waals surface area contributed by atoms with Crippen LogP contribution in [0.25, 0.3) is 11.4 Å². The molecule has 0 unspecified atom stereocenters. The maximum Gasteiger partial charge on any atom is 0.210 e. The normalized spacial score (nSPS) is 10.9. The molecule has 0 radical (unpaired) electrons. The van der Waals surface area contributed by atoms with E-state index in [1.807, 2.05) is 24.3 Å². The molecular formula is C16H14ClFN4S2. The van der Waals surface area contributed by atoms with E-state index >= 15 is 0 Å². The van der Waals surface area contributed by atoms with Crippen molar-refractivity contribution < 1.29 is 4.39 Å². The fraction of sp³-hybridized carbons (Fsp3) is 0.125. The van der Waals surface area contributed by atoms with Crippen LogP contribution in [0.5, 0.6) is 0 Å². The average Bonchev–Trinajstić information content (AvgIpc) is 2.94. The third kappa shape index (κ3) is 3.85. The van der Waals surface area contributed by atoms with Gasteiger partial charge in [0.1, 0.15) is 5.82 Å². The molecule has 0 spiro atoms. The van der Waals surface area contributed by atoms with Crippen molar-refractivity contribution in [1.82, 2.24) is 14.9 Å². The van der Waals surface area contributed by atoms with E-state index in [0.29, 0.717) is 20.9 Å². The number of aromatic nitrogens is 3. The Hall–Kier alpha value is -1.70. The van der Waals surface area contributed by atoms with Gasteiger partial charge in [0.05, 0.1) is 5.02 Å². The first kappa shape index (κ1) is 17.1. The van der Waals surface area contributed by atoms with Gasteiger partial charge in [-0.2, -0.15) is 0 Å². The van der Waals surface area contributed by atoms with Gasteiger partial charge in [0.2, 0.25) is 5.16 Å². The zero-order chi connectivity index (χ0) is 16.9. The van der Waals surface area contributed by atoms with Crippen molar-refractivity contribution in [3.63, 3.8) is 0 Å². The summed E-state index contributed by atoms with van der Waals surface area (Å²) in [5, 5.41) is 9.39. The first-order valence-electron chi connectivity index (χ1n) is 7.12. The summed E-state index contributed by atoms with van der Waals surface area (Å²) in [6.45, 7) is 0. The number of hydrogen-bond donors (Lipinski definition) is 1. The summed E-state index contributed by atoms with van der Waals surface area (Å²) in [5.74, 6) is 7.86. The lowest BCUT2D eigenvalue weighted by atomic mass is 10.2. The molecule has 4 nitrogen and oxygen atoms in total. The molecule has 0 aliphatic heterocycles. The van der Waals surface area contributed by atoms with Crippen LogP contribution in [0.3, 0.4) is 0 Å². The summed E-state index contributed by atoms with van der Waals surface area (Å²) >= 11 is 9.10. The predicted octanol–water partition coefficient (Wildman–Crippen LogP) is 4.34. The molecule has 0 bridgehead atoms. The molecule has 1 aromatic heterocycles. The van der Waals surface area contributed by atoms with Crippen molar-refractivity contribution >= 4 is 35.1 Å². The van der Waals surface area contributed by atoms with Crippen LogP contribution in [0.4, 0.5) is 4.39 Å². The van der Waals surface area contributed by atoms with Crippen LogP contribution < -0.4 is 5.84 Å². The molecule has 0 atom stereocenters. The monoisotopic (exact) mass is 380 g/mol. The zero-order valence-corrected chi connectivity index (χ0v) is 14.9. The van der Waals surface area contributed by atoms with Gasteiger partial charge in [-0.1, -0.05) is 47.6 Å². The first-order valence-corrected chi connectivity index (χ1v) is 9.47. The van der Waals surface area contributed by atoms with Gasteiger partial charge in [0.25, 0.3) is 0 Å². The topological polar surface area (TPSA) is 56.7 Å². The molecule has 3 aromatic rings. The van der Waals surface area contributed by atoms with Crippen molar-refractivity contribution in [1.29, 1.82) is 0 Å². The highest BCUT2D eigenvalue weighted by molar-refractivity contribution is 8.02. The van der Waals surface area contributed by atoms with Gasteiger partial charge in [0.15, 0.2) is 5.82 Å². The second-order valence-corrected chi connectivity index (χ2v) is 7.39. The molecule has 24 heavy (non-hydrogen) atoms. The zero-order valence-electron chi connectivity index (χ0n) is 12.5. The van der Waals surface area contributed by atoms with E-state index in [-0.39, 0.29) is 5.82 Å². The Morgan fingerprint density at radius 2 is 1.71 bits per heavy atom. The lowest BCUT2D eigenvalue weighted by Gasteiger charge is -2.05. The number of halogens is 2. The molecule has 0 amide bonds. The average molecular weight is 381 g/mol. The largest absolute Gasteiger partial charge is 0.335 e. The maximum atomic E-state index is 13.5. The fourth-order valence-corrected chi connectivity index (χ4v) is 4.04. The minimum Gasteiger partial charge on any atom is -0.335 e. The van der Waals surface area contributed by atoms with Gasteiger partial charge < -0.3 is 5.84 Å². The lowest BCUT2D eigenvalue weighted by molar-refractivity contribution is 0.602. The third-order valence-electron chi connectivity index (χ3n) is 3.19. The van der Waals surface area contributed by atoms with Crippen LogP contribution in [0.1, 0.15) is 0 Å². The highest BCUT2D eigenvalue weighted by Crippen LogP contribution is 2.28. The second-order valence-electron chi connectivity index (χ2n) is 4.78. The van der Waals surface area contributed by atoms with Gasteiger partial charge in [0, 0.05) is 22.0 Å². The molecule has 0 saturated heterocycles. The molecule has 0 aliphatic rings. The summed E-state index contributed by atoms with van der Waals surface area (Å²) in [5.41, 5.74) is 0.738. The van der Waals surface area contributed by atoms with Gasteiger partial charge in [-0.25, -0.2) is 9.07 Å². The standard InChI is InChI=1S/C16H14ClFN4S2/c17-12-6-2-1-5-11(12)15-20-21-16(22(15)19)24-10-9-23-14-8-4-3-7-13(14)18/h1-8H,9-10,19H2. The van der Waals surface area contributed by atoms with E-state index in [2.05, 4.69) is 10.2 Å². The van der Waals surface area contributed by atoms with Crippen LogP contribution in [0.2, 0.25) is 5.02 Å². The molecule has 2 N–H and O–H groups in total. The molecule has 124 valence electrons. The van der Waals surface area contributed by atoms with E-state index in [9.17, 15) is 4.39 Å². The summed E-state index contributed by atoms with van der Waals surface area (Å²) < 4.78 is 15.0. The highest BCUT2D eigenvalue weighted by Gasteiger charge is 2.14. The second kappa shape index (κ2) is 7.92. The Kier molecular flexibility index (Phi) is 5.65. The summed E-state index contributed by atoms with van der Waals surface area (Å²) in [4.78, 5) is 0.643. The first-order chi connectivity index (χ1) is 11.7. The minimum atomic E-state index is -0.199. The molecule has 2 aromatic carbocycles. The molecule has 0 aliphatic carbocycles. The Balaban J connectivity index is 1.61. The third-order valence-corrected chi connectivity index (χ3v) is 5.77. The minimum absolute atomic E-state index is 0.199. The van der Waals surface area contributed by atoms with Crippen LogP contribution >= 0.6 is 35.1 Å².